The van der Waals surface area contributed by atoms with Crippen LogP contribution in [-0.2, 0) is 6.54 Å². The molecule has 3 heterocycles. The molecular formula is C22H20N4O2S. The van der Waals surface area contributed by atoms with Crippen LogP contribution in [0.15, 0.2) is 65.2 Å². The van der Waals surface area contributed by atoms with Crippen molar-refractivity contribution < 1.29 is 4.79 Å². The van der Waals surface area contributed by atoms with Crippen molar-refractivity contribution in [1.29, 1.82) is 0 Å². The standard InChI is InChI=1S/C22H20N4O2S/c1-4-12-26-21(28)16-9-7-11-23-20(16)25-22(26)29-14(3)19(27)18-13(2)24-17-10-6-5-8-15(17)18/h4-11,14,24H,1,12H2,2-3H3/t14-/m0/s1. The smallest absolute Gasteiger partial charge is 0.263 e. The Balaban J connectivity index is 1.75. The summed E-state index contributed by atoms with van der Waals surface area (Å²) in [6.45, 7) is 7.78. The van der Waals surface area contributed by atoms with Gasteiger partial charge in [0.05, 0.1) is 10.6 Å². The van der Waals surface area contributed by atoms with E-state index >= 15 is 0 Å². The number of benzene rings is 1. The number of ketones is 1. The van der Waals surface area contributed by atoms with Gasteiger partial charge in [0.1, 0.15) is 0 Å². The zero-order valence-electron chi connectivity index (χ0n) is 16.2. The van der Waals surface area contributed by atoms with Gasteiger partial charge in [-0.15, -0.1) is 6.58 Å². The molecule has 29 heavy (non-hydrogen) atoms. The van der Waals surface area contributed by atoms with Crippen LogP contribution in [-0.4, -0.2) is 30.6 Å². The van der Waals surface area contributed by atoms with E-state index in [2.05, 4.69) is 21.5 Å². The molecule has 0 aliphatic rings. The van der Waals surface area contributed by atoms with E-state index in [0.29, 0.717) is 28.3 Å². The summed E-state index contributed by atoms with van der Waals surface area (Å²) < 4.78 is 1.54. The van der Waals surface area contributed by atoms with Gasteiger partial charge in [-0.3, -0.25) is 14.2 Å². The fourth-order valence-electron chi connectivity index (χ4n) is 3.43. The number of allylic oxidation sites excluding steroid dienone is 1. The molecule has 0 saturated heterocycles. The van der Waals surface area contributed by atoms with Crippen molar-refractivity contribution in [3.63, 3.8) is 0 Å². The number of carbonyl (C=O) groups is 1. The minimum atomic E-state index is -0.433. The van der Waals surface area contributed by atoms with Gasteiger partial charge in [-0.1, -0.05) is 36.0 Å². The highest BCUT2D eigenvalue weighted by Gasteiger charge is 2.24. The molecule has 0 spiro atoms. The average Bonchev–Trinajstić information content (AvgIpc) is 3.06. The third-order valence-corrected chi connectivity index (χ3v) is 5.89. The number of aryl methyl sites for hydroxylation is 1. The molecule has 0 radical (unpaired) electrons. The number of aromatic amines is 1. The number of hydrogen-bond acceptors (Lipinski definition) is 5. The summed E-state index contributed by atoms with van der Waals surface area (Å²) in [5, 5.41) is 1.38. The molecule has 0 unspecified atom stereocenters. The first-order chi connectivity index (χ1) is 14.0. The number of hydrogen-bond donors (Lipinski definition) is 1. The quantitative estimate of drug-likeness (QED) is 0.226. The van der Waals surface area contributed by atoms with Crippen molar-refractivity contribution in [3.05, 3.63) is 76.9 Å². The fourth-order valence-corrected chi connectivity index (χ4v) is 4.39. The number of pyridine rings is 1. The van der Waals surface area contributed by atoms with E-state index in [4.69, 9.17) is 0 Å². The Hall–Kier alpha value is -3.19. The van der Waals surface area contributed by atoms with Crippen LogP contribution in [0.3, 0.4) is 0 Å². The van der Waals surface area contributed by atoms with Crippen molar-refractivity contribution in [3.8, 4) is 0 Å². The average molecular weight is 404 g/mol. The Morgan fingerprint density at radius 1 is 1.28 bits per heavy atom. The van der Waals surface area contributed by atoms with Gasteiger partial charge in [-0.2, -0.15) is 0 Å². The lowest BCUT2D eigenvalue weighted by molar-refractivity contribution is 0.0995. The Bertz CT molecular complexity index is 1310. The minimum Gasteiger partial charge on any atom is -0.358 e. The van der Waals surface area contributed by atoms with Crippen molar-refractivity contribution in [2.24, 2.45) is 0 Å². The molecule has 4 rings (SSSR count). The van der Waals surface area contributed by atoms with E-state index in [1.54, 1.807) is 24.4 Å². The molecule has 1 aromatic carbocycles. The molecule has 1 atom stereocenters. The highest BCUT2D eigenvalue weighted by atomic mass is 32.2. The van der Waals surface area contributed by atoms with E-state index in [1.165, 1.54) is 16.3 Å². The third-order valence-electron chi connectivity index (χ3n) is 4.80. The summed E-state index contributed by atoms with van der Waals surface area (Å²) in [7, 11) is 0. The monoisotopic (exact) mass is 404 g/mol. The summed E-state index contributed by atoms with van der Waals surface area (Å²) in [6.07, 6.45) is 3.25. The molecule has 6 nitrogen and oxygen atoms in total. The van der Waals surface area contributed by atoms with Crippen LogP contribution in [0.4, 0.5) is 0 Å². The molecule has 146 valence electrons. The van der Waals surface area contributed by atoms with E-state index < -0.39 is 5.25 Å². The number of H-pyrrole nitrogens is 1. The summed E-state index contributed by atoms with van der Waals surface area (Å²) in [6, 6.07) is 11.2. The molecule has 0 aliphatic carbocycles. The Morgan fingerprint density at radius 3 is 2.83 bits per heavy atom. The van der Waals surface area contributed by atoms with E-state index in [-0.39, 0.29) is 11.3 Å². The van der Waals surface area contributed by atoms with Crippen LogP contribution in [0, 0.1) is 6.92 Å². The maximum atomic E-state index is 13.3. The normalized spacial score (nSPS) is 12.3. The predicted octanol–water partition coefficient (Wildman–Crippen LogP) is 4.13. The fraction of sp³-hybridized carbons (Fsp3) is 0.182. The predicted molar refractivity (Wildman–Crippen MR) is 117 cm³/mol. The second kappa shape index (κ2) is 7.67. The number of para-hydroxylation sites is 1. The number of fused-ring (bicyclic) bond motifs is 2. The van der Waals surface area contributed by atoms with Gasteiger partial charge in [0, 0.05) is 34.9 Å². The van der Waals surface area contributed by atoms with Crippen LogP contribution < -0.4 is 5.56 Å². The molecule has 7 heteroatoms. The van der Waals surface area contributed by atoms with Gasteiger partial charge in [-0.25, -0.2) is 9.97 Å². The number of rotatable bonds is 6. The number of Topliss-reactive ketones (excluding diaryl/α,β-unsaturated/α-hetero) is 1. The second-order valence-electron chi connectivity index (χ2n) is 6.77. The molecule has 0 saturated carbocycles. The van der Waals surface area contributed by atoms with Crippen molar-refractivity contribution >= 4 is 39.5 Å². The maximum Gasteiger partial charge on any atom is 0.263 e. The Kier molecular flexibility index (Phi) is 5.07. The minimum absolute atomic E-state index is 0.00882. The molecule has 0 bridgehead atoms. The van der Waals surface area contributed by atoms with Crippen molar-refractivity contribution in [2.45, 2.75) is 30.8 Å². The first-order valence-electron chi connectivity index (χ1n) is 9.26. The largest absolute Gasteiger partial charge is 0.358 e. The lowest BCUT2D eigenvalue weighted by Gasteiger charge is -2.14. The van der Waals surface area contributed by atoms with Crippen molar-refractivity contribution in [1.82, 2.24) is 19.5 Å². The van der Waals surface area contributed by atoms with Gasteiger partial charge in [0.15, 0.2) is 16.6 Å². The van der Waals surface area contributed by atoms with Gasteiger partial charge in [0.25, 0.3) is 5.56 Å². The van der Waals surface area contributed by atoms with E-state index in [1.807, 2.05) is 38.1 Å². The Morgan fingerprint density at radius 2 is 2.03 bits per heavy atom. The van der Waals surface area contributed by atoms with Gasteiger partial charge >= 0.3 is 0 Å². The SMILES string of the molecule is C=CCn1c(S[C@@H](C)C(=O)c2c(C)[nH]c3ccccc23)nc2ncccc2c1=O. The first kappa shape index (κ1) is 19.1. The summed E-state index contributed by atoms with van der Waals surface area (Å²) in [5.41, 5.74) is 2.64. The lowest BCUT2D eigenvalue weighted by atomic mass is 10.1. The van der Waals surface area contributed by atoms with Gasteiger partial charge < -0.3 is 4.98 Å². The maximum absolute atomic E-state index is 13.3. The number of nitrogens with one attached hydrogen (secondary N) is 1. The summed E-state index contributed by atoms with van der Waals surface area (Å²) in [5.74, 6) is -0.00882. The summed E-state index contributed by atoms with van der Waals surface area (Å²) in [4.78, 5) is 38.2. The van der Waals surface area contributed by atoms with Crippen LogP contribution in [0.1, 0.15) is 23.0 Å². The molecule has 0 fully saturated rings. The van der Waals surface area contributed by atoms with Crippen LogP contribution >= 0.6 is 11.8 Å². The van der Waals surface area contributed by atoms with Crippen LogP contribution in [0.5, 0.6) is 0 Å². The van der Waals surface area contributed by atoms with E-state index in [9.17, 15) is 9.59 Å². The zero-order valence-corrected chi connectivity index (χ0v) is 17.0. The third kappa shape index (κ3) is 3.38. The first-order valence-corrected chi connectivity index (χ1v) is 10.1. The highest BCUT2D eigenvalue weighted by Crippen LogP contribution is 2.29. The zero-order chi connectivity index (χ0) is 20.5. The van der Waals surface area contributed by atoms with Crippen LogP contribution in [0.25, 0.3) is 21.9 Å². The molecule has 3 aromatic heterocycles. The van der Waals surface area contributed by atoms with E-state index in [0.717, 1.165) is 16.6 Å². The topological polar surface area (TPSA) is 80.6 Å². The number of aromatic nitrogens is 4. The van der Waals surface area contributed by atoms with Gasteiger partial charge in [0.2, 0.25) is 0 Å². The molecule has 4 aromatic rings. The Labute approximate surface area is 171 Å². The number of nitrogens with zero attached hydrogens (tertiary/aromatic N) is 3. The number of carbonyl (C=O) groups excluding carboxylic acids is 1. The number of thioether (sulfide) groups is 1. The molecule has 0 amide bonds. The molecule has 1 N–H and O–H groups in total. The second-order valence-corrected chi connectivity index (χ2v) is 8.08. The molecular weight excluding hydrogens is 384 g/mol. The van der Waals surface area contributed by atoms with Crippen molar-refractivity contribution in [2.75, 3.05) is 0 Å². The molecule has 0 aliphatic heterocycles. The summed E-state index contributed by atoms with van der Waals surface area (Å²) >= 11 is 1.26. The highest BCUT2D eigenvalue weighted by molar-refractivity contribution is 8.00. The lowest BCUT2D eigenvalue weighted by Crippen LogP contribution is -2.25. The van der Waals surface area contributed by atoms with Crippen LogP contribution in [0.2, 0.25) is 0 Å². The van der Waals surface area contributed by atoms with Gasteiger partial charge in [-0.05, 0) is 32.0 Å².